The number of thiazole rings is 1. The van der Waals surface area contributed by atoms with E-state index >= 15 is 0 Å². The minimum Gasteiger partial charge on any atom is -0.466 e. The molecule has 0 fully saturated rings. The maximum Gasteiger partial charge on any atom is 0.311 e. The monoisotopic (exact) mass is 300 g/mol. The molecule has 0 bridgehead atoms. The highest BCUT2D eigenvalue weighted by Crippen LogP contribution is 2.14. The van der Waals surface area contributed by atoms with Gasteiger partial charge in [-0.1, -0.05) is 31.6 Å². The molecule has 0 saturated carbocycles. The second-order valence-electron chi connectivity index (χ2n) is 4.62. The highest BCUT2D eigenvalue weighted by Gasteiger charge is 2.15. The maximum atomic E-state index is 11.5. The van der Waals surface area contributed by atoms with Crippen molar-refractivity contribution in [2.24, 2.45) is 0 Å². The van der Waals surface area contributed by atoms with Crippen LogP contribution in [0.15, 0.2) is 4.79 Å². The van der Waals surface area contributed by atoms with Gasteiger partial charge in [0.05, 0.1) is 13.0 Å². The molecule has 0 atom stereocenters. The number of hydrogen-bond acceptors (Lipinski definition) is 5. The number of hydrogen-bond donors (Lipinski definition) is 1. The average Bonchev–Trinajstić information content (AvgIpc) is 2.74. The molecule has 114 valence electrons. The van der Waals surface area contributed by atoms with Crippen LogP contribution in [0, 0.1) is 0 Å². The molecule has 0 aliphatic rings. The lowest BCUT2D eigenvalue weighted by Crippen LogP contribution is -2.24. The number of aromatic amines is 1. The van der Waals surface area contributed by atoms with E-state index in [4.69, 9.17) is 4.74 Å². The first-order chi connectivity index (χ1) is 9.60. The number of rotatable bonds is 9. The molecule has 0 radical (unpaired) electrons. The van der Waals surface area contributed by atoms with Gasteiger partial charge in [0.15, 0.2) is 0 Å². The van der Waals surface area contributed by atoms with Crippen LogP contribution in [0.5, 0.6) is 0 Å². The third kappa shape index (κ3) is 5.46. The molecule has 1 heterocycles. The van der Waals surface area contributed by atoms with E-state index < -0.39 is 0 Å². The number of carbonyl (C=O) groups is 1. The number of ether oxygens (including phenoxy) is 1. The summed E-state index contributed by atoms with van der Waals surface area (Å²) in [4.78, 5) is 29.0. The number of unbranched alkanes of at least 4 members (excludes halogenated alkanes) is 1. The van der Waals surface area contributed by atoms with Crippen molar-refractivity contribution in [3.63, 3.8) is 0 Å². The minimum atomic E-state index is -0.292. The molecule has 0 saturated heterocycles. The van der Waals surface area contributed by atoms with E-state index in [-0.39, 0.29) is 17.3 Å². The Labute approximate surface area is 124 Å². The predicted octanol–water partition coefficient (Wildman–Crippen LogP) is 2.16. The molecule has 1 aromatic rings. The fraction of sp³-hybridized carbons (Fsp3) is 0.714. The fourth-order valence-corrected chi connectivity index (χ4v) is 2.84. The molecule has 1 rings (SSSR count). The Morgan fingerprint density at radius 2 is 2.10 bits per heavy atom. The van der Waals surface area contributed by atoms with Gasteiger partial charge >= 0.3 is 10.8 Å². The van der Waals surface area contributed by atoms with Crippen LogP contribution < -0.4 is 4.87 Å². The Balaban J connectivity index is 2.73. The van der Waals surface area contributed by atoms with E-state index in [0.717, 1.165) is 30.8 Å². The van der Waals surface area contributed by atoms with Gasteiger partial charge in [-0.3, -0.25) is 14.5 Å². The van der Waals surface area contributed by atoms with Crippen LogP contribution in [0.3, 0.4) is 0 Å². The number of nitrogens with one attached hydrogen (secondary N) is 1. The van der Waals surface area contributed by atoms with Gasteiger partial charge in [-0.25, -0.2) is 0 Å². The van der Waals surface area contributed by atoms with Crippen molar-refractivity contribution in [1.82, 2.24) is 9.88 Å². The van der Waals surface area contributed by atoms with Crippen LogP contribution in [0.4, 0.5) is 0 Å². The summed E-state index contributed by atoms with van der Waals surface area (Å²) in [5, 5.41) is 0. The van der Waals surface area contributed by atoms with Crippen LogP contribution >= 0.6 is 11.3 Å². The summed E-state index contributed by atoms with van der Waals surface area (Å²) < 4.78 is 4.94. The summed E-state index contributed by atoms with van der Waals surface area (Å²) in [7, 11) is 0. The molecular weight excluding hydrogens is 276 g/mol. The third-order valence-electron chi connectivity index (χ3n) is 3.07. The topological polar surface area (TPSA) is 62.4 Å². The second-order valence-corrected chi connectivity index (χ2v) is 5.69. The summed E-state index contributed by atoms with van der Waals surface area (Å²) >= 11 is 1.19. The number of carbonyl (C=O) groups excluding carboxylic acids is 1. The van der Waals surface area contributed by atoms with Gasteiger partial charge in [-0.05, 0) is 26.4 Å². The van der Waals surface area contributed by atoms with E-state index in [2.05, 4.69) is 23.7 Å². The summed E-state index contributed by atoms with van der Waals surface area (Å²) in [6.07, 6.45) is 2.43. The van der Waals surface area contributed by atoms with Crippen molar-refractivity contribution < 1.29 is 9.53 Å². The Kier molecular flexibility index (Phi) is 7.54. The Morgan fingerprint density at radius 3 is 2.70 bits per heavy atom. The van der Waals surface area contributed by atoms with Gasteiger partial charge in [0.1, 0.15) is 0 Å². The third-order valence-corrected chi connectivity index (χ3v) is 3.98. The molecule has 0 amide bonds. The first kappa shape index (κ1) is 16.9. The van der Waals surface area contributed by atoms with Crippen molar-refractivity contribution in [2.75, 3.05) is 19.7 Å². The molecule has 5 nitrogen and oxygen atoms in total. The minimum absolute atomic E-state index is 0.106. The summed E-state index contributed by atoms with van der Waals surface area (Å²) in [6.45, 7) is 9.07. The van der Waals surface area contributed by atoms with Gasteiger partial charge in [0.2, 0.25) is 0 Å². The van der Waals surface area contributed by atoms with Gasteiger partial charge < -0.3 is 9.72 Å². The van der Waals surface area contributed by atoms with E-state index in [1.807, 2.05) is 0 Å². The summed E-state index contributed by atoms with van der Waals surface area (Å²) in [5.41, 5.74) is 0.702. The van der Waals surface area contributed by atoms with Crippen molar-refractivity contribution in [2.45, 2.75) is 46.6 Å². The lowest BCUT2D eigenvalue weighted by molar-refractivity contribution is -0.142. The van der Waals surface area contributed by atoms with Crippen LogP contribution in [-0.2, 0) is 22.5 Å². The van der Waals surface area contributed by atoms with E-state index in [1.165, 1.54) is 11.3 Å². The molecule has 0 aliphatic carbocycles. The van der Waals surface area contributed by atoms with Crippen molar-refractivity contribution in [3.05, 3.63) is 20.2 Å². The number of H-pyrrole nitrogens is 1. The molecule has 0 aromatic carbocycles. The van der Waals surface area contributed by atoms with Crippen molar-refractivity contribution in [1.29, 1.82) is 0 Å². The molecular formula is C14H24N2O3S. The normalized spacial score (nSPS) is 11.0. The second kappa shape index (κ2) is 8.92. The SMILES string of the molecule is CCCCN(CC)Cc1sc(=O)[nH]c1CC(=O)OCC. The number of aromatic nitrogens is 1. The molecule has 0 unspecified atom stereocenters. The quantitative estimate of drug-likeness (QED) is 0.710. The van der Waals surface area contributed by atoms with Gasteiger partial charge in [0, 0.05) is 17.1 Å². The number of esters is 1. The zero-order chi connectivity index (χ0) is 15.0. The lowest BCUT2D eigenvalue weighted by Gasteiger charge is -2.19. The molecule has 1 aromatic heterocycles. The summed E-state index contributed by atoms with van der Waals surface area (Å²) in [5.74, 6) is -0.292. The van der Waals surface area contributed by atoms with Crippen molar-refractivity contribution in [3.8, 4) is 0 Å². The van der Waals surface area contributed by atoms with Crippen LogP contribution in [0.25, 0.3) is 0 Å². The average molecular weight is 300 g/mol. The zero-order valence-corrected chi connectivity index (χ0v) is 13.3. The smallest absolute Gasteiger partial charge is 0.311 e. The molecule has 20 heavy (non-hydrogen) atoms. The first-order valence-electron chi connectivity index (χ1n) is 7.19. The van der Waals surface area contributed by atoms with Crippen molar-refractivity contribution >= 4 is 17.3 Å². The molecule has 0 aliphatic heterocycles. The van der Waals surface area contributed by atoms with Gasteiger partial charge in [0.25, 0.3) is 0 Å². The standard InChI is InChI=1S/C14H24N2O3S/c1-4-7-8-16(5-2)10-12-11(15-14(18)20-12)9-13(17)19-6-3/h4-10H2,1-3H3,(H,15,18). The molecule has 1 N–H and O–H groups in total. The van der Waals surface area contributed by atoms with Gasteiger partial charge in [-0.15, -0.1) is 0 Å². The Hall–Kier alpha value is -1.14. The molecule has 0 spiro atoms. The first-order valence-corrected chi connectivity index (χ1v) is 8.01. The van der Waals surface area contributed by atoms with E-state index in [9.17, 15) is 9.59 Å². The largest absolute Gasteiger partial charge is 0.466 e. The molecule has 6 heteroatoms. The van der Waals surface area contributed by atoms with Crippen LogP contribution in [0.1, 0.15) is 44.2 Å². The van der Waals surface area contributed by atoms with Crippen LogP contribution in [0.2, 0.25) is 0 Å². The highest BCUT2D eigenvalue weighted by atomic mass is 32.1. The lowest BCUT2D eigenvalue weighted by atomic mass is 10.2. The summed E-state index contributed by atoms with van der Waals surface area (Å²) in [6, 6.07) is 0. The number of nitrogens with zero attached hydrogens (tertiary/aromatic N) is 1. The van der Waals surface area contributed by atoms with E-state index in [0.29, 0.717) is 18.8 Å². The Bertz CT molecular complexity index is 467. The fourth-order valence-electron chi connectivity index (χ4n) is 1.95. The Morgan fingerprint density at radius 1 is 1.35 bits per heavy atom. The predicted molar refractivity (Wildman–Crippen MR) is 81.1 cm³/mol. The maximum absolute atomic E-state index is 11.5. The zero-order valence-electron chi connectivity index (χ0n) is 12.5. The van der Waals surface area contributed by atoms with Gasteiger partial charge in [-0.2, -0.15) is 0 Å². The van der Waals surface area contributed by atoms with Crippen LogP contribution in [-0.4, -0.2) is 35.5 Å². The van der Waals surface area contributed by atoms with E-state index in [1.54, 1.807) is 6.92 Å². The highest BCUT2D eigenvalue weighted by molar-refractivity contribution is 7.09.